The number of aromatic carboxylic acids is 1. The molecule has 1 aliphatic rings. The molecule has 0 amide bonds. The van der Waals surface area contributed by atoms with Crippen LogP contribution in [0.2, 0.25) is 0 Å². The Morgan fingerprint density at radius 2 is 2.16 bits per heavy atom. The number of carbonyl (C=O) groups is 1. The van der Waals surface area contributed by atoms with Crippen molar-refractivity contribution in [3.8, 4) is 0 Å². The summed E-state index contributed by atoms with van der Waals surface area (Å²) in [6, 6.07) is 2.33. The summed E-state index contributed by atoms with van der Waals surface area (Å²) < 4.78 is 0. The van der Waals surface area contributed by atoms with Gasteiger partial charge in [0.25, 0.3) is 0 Å². The van der Waals surface area contributed by atoms with E-state index in [1.165, 1.54) is 43.4 Å². The predicted octanol–water partition coefficient (Wildman–Crippen LogP) is 3.81. The Kier molecular flexibility index (Phi) is 4.99. The van der Waals surface area contributed by atoms with Crippen molar-refractivity contribution >= 4 is 17.3 Å². The van der Waals surface area contributed by atoms with Gasteiger partial charge >= 0.3 is 5.97 Å². The highest BCUT2D eigenvalue weighted by Crippen LogP contribution is 2.27. The quantitative estimate of drug-likeness (QED) is 0.862. The maximum Gasteiger partial charge on any atom is 0.345 e. The SMILES string of the molecule is Cc1sc(C(=O)O)cc1CN[C@@H](C)C1CCCCC1. The largest absolute Gasteiger partial charge is 0.477 e. The van der Waals surface area contributed by atoms with Crippen LogP contribution >= 0.6 is 11.3 Å². The van der Waals surface area contributed by atoms with Gasteiger partial charge in [0, 0.05) is 17.5 Å². The average molecular weight is 281 g/mol. The molecule has 0 spiro atoms. The molecular weight excluding hydrogens is 258 g/mol. The lowest BCUT2D eigenvalue weighted by atomic mass is 9.84. The average Bonchev–Trinajstić information content (AvgIpc) is 2.79. The van der Waals surface area contributed by atoms with Crippen molar-refractivity contribution in [2.75, 3.05) is 0 Å². The monoisotopic (exact) mass is 281 g/mol. The minimum atomic E-state index is -0.820. The fraction of sp³-hybridized carbons (Fsp3) is 0.667. The van der Waals surface area contributed by atoms with Gasteiger partial charge in [-0.15, -0.1) is 11.3 Å². The number of hydrogen-bond donors (Lipinski definition) is 2. The number of carboxylic acids is 1. The molecule has 0 radical (unpaired) electrons. The lowest BCUT2D eigenvalue weighted by Crippen LogP contribution is -2.34. The Morgan fingerprint density at radius 1 is 1.47 bits per heavy atom. The molecule has 1 aliphatic carbocycles. The van der Waals surface area contributed by atoms with E-state index in [1.54, 1.807) is 0 Å². The third kappa shape index (κ3) is 3.80. The van der Waals surface area contributed by atoms with Crippen molar-refractivity contribution in [1.29, 1.82) is 0 Å². The van der Waals surface area contributed by atoms with E-state index in [1.807, 2.05) is 13.0 Å². The van der Waals surface area contributed by atoms with E-state index >= 15 is 0 Å². The van der Waals surface area contributed by atoms with Crippen molar-refractivity contribution in [3.63, 3.8) is 0 Å². The zero-order chi connectivity index (χ0) is 13.8. The molecule has 4 heteroatoms. The molecule has 19 heavy (non-hydrogen) atoms. The summed E-state index contributed by atoms with van der Waals surface area (Å²) in [5.74, 6) is -0.0358. The van der Waals surface area contributed by atoms with E-state index in [4.69, 9.17) is 5.11 Å². The first-order chi connectivity index (χ1) is 9.08. The summed E-state index contributed by atoms with van der Waals surface area (Å²) in [4.78, 5) is 12.5. The highest BCUT2D eigenvalue weighted by Gasteiger charge is 2.20. The van der Waals surface area contributed by atoms with E-state index in [2.05, 4.69) is 12.2 Å². The zero-order valence-electron chi connectivity index (χ0n) is 11.7. The second kappa shape index (κ2) is 6.53. The molecule has 3 nitrogen and oxygen atoms in total. The van der Waals surface area contributed by atoms with E-state index < -0.39 is 5.97 Å². The second-order valence-electron chi connectivity index (χ2n) is 5.56. The Balaban J connectivity index is 1.89. The molecule has 1 aromatic heterocycles. The van der Waals surface area contributed by atoms with Gasteiger partial charge in [-0.1, -0.05) is 19.3 Å². The van der Waals surface area contributed by atoms with Gasteiger partial charge in [0.1, 0.15) is 4.88 Å². The van der Waals surface area contributed by atoms with Crippen LogP contribution in [-0.2, 0) is 6.54 Å². The fourth-order valence-corrected chi connectivity index (χ4v) is 3.75. The normalized spacial score (nSPS) is 18.4. The minimum Gasteiger partial charge on any atom is -0.477 e. The van der Waals surface area contributed by atoms with Crippen LogP contribution in [-0.4, -0.2) is 17.1 Å². The minimum absolute atomic E-state index is 0.444. The van der Waals surface area contributed by atoms with Crippen LogP contribution in [0, 0.1) is 12.8 Å². The highest BCUT2D eigenvalue weighted by atomic mass is 32.1. The zero-order valence-corrected chi connectivity index (χ0v) is 12.6. The molecule has 0 aliphatic heterocycles. The molecule has 0 aromatic carbocycles. The molecular formula is C15H23NO2S. The fourth-order valence-electron chi connectivity index (χ4n) is 2.87. The van der Waals surface area contributed by atoms with Crippen molar-refractivity contribution < 1.29 is 9.90 Å². The molecule has 0 saturated heterocycles. The third-order valence-electron chi connectivity index (χ3n) is 4.20. The van der Waals surface area contributed by atoms with Gasteiger partial charge < -0.3 is 10.4 Å². The first-order valence-corrected chi connectivity index (χ1v) is 7.95. The summed E-state index contributed by atoms with van der Waals surface area (Å²) >= 11 is 1.37. The van der Waals surface area contributed by atoms with E-state index in [-0.39, 0.29) is 0 Å². The molecule has 1 aromatic rings. The molecule has 0 unspecified atom stereocenters. The number of nitrogens with one attached hydrogen (secondary N) is 1. The predicted molar refractivity (Wildman–Crippen MR) is 78.9 cm³/mol. The van der Waals surface area contributed by atoms with Crippen LogP contribution in [0.25, 0.3) is 0 Å². The lowest BCUT2D eigenvalue weighted by Gasteiger charge is -2.28. The summed E-state index contributed by atoms with van der Waals surface area (Å²) in [5.41, 5.74) is 1.13. The van der Waals surface area contributed by atoms with Crippen LogP contribution in [0.15, 0.2) is 6.07 Å². The van der Waals surface area contributed by atoms with Crippen LogP contribution in [0.1, 0.15) is 59.1 Å². The van der Waals surface area contributed by atoms with Crippen LogP contribution < -0.4 is 5.32 Å². The number of thiophene rings is 1. The van der Waals surface area contributed by atoms with Crippen molar-refractivity contribution in [2.45, 2.75) is 58.5 Å². The Morgan fingerprint density at radius 3 is 2.74 bits per heavy atom. The maximum atomic E-state index is 10.9. The van der Waals surface area contributed by atoms with E-state index in [9.17, 15) is 4.79 Å². The molecule has 1 saturated carbocycles. The maximum absolute atomic E-state index is 10.9. The number of hydrogen-bond acceptors (Lipinski definition) is 3. The Labute approximate surface area is 119 Å². The third-order valence-corrected chi connectivity index (χ3v) is 5.28. The molecule has 2 rings (SSSR count). The summed E-state index contributed by atoms with van der Waals surface area (Å²) in [5, 5.41) is 12.6. The van der Waals surface area contributed by atoms with Crippen molar-refractivity contribution in [3.05, 3.63) is 21.4 Å². The number of carboxylic acid groups (broad SMARTS) is 1. The molecule has 1 fully saturated rings. The topological polar surface area (TPSA) is 49.3 Å². The summed E-state index contributed by atoms with van der Waals surface area (Å²) in [6.45, 7) is 5.04. The summed E-state index contributed by atoms with van der Waals surface area (Å²) in [7, 11) is 0. The van der Waals surface area contributed by atoms with E-state index in [0.717, 1.165) is 22.9 Å². The van der Waals surface area contributed by atoms with E-state index in [0.29, 0.717) is 10.9 Å². The van der Waals surface area contributed by atoms with Gasteiger partial charge in [-0.05, 0) is 44.2 Å². The highest BCUT2D eigenvalue weighted by molar-refractivity contribution is 7.14. The van der Waals surface area contributed by atoms with Gasteiger partial charge in [-0.2, -0.15) is 0 Å². The van der Waals surface area contributed by atoms with Crippen LogP contribution in [0.3, 0.4) is 0 Å². The first kappa shape index (κ1) is 14.5. The van der Waals surface area contributed by atoms with Gasteiger partial charge in [0.05, 0.1) is 0 Å². The van der Waals surface area contributed by atoms with Crippen molar-refractivity contribution in [1.82, 2.24) is 5.32 Å². The molecule has 1 heterocycles. The second-order valence-corrected chi connectivity index (χ2v) is 6.82. The van der Waals surface area contributed by atoms with Crippen LogP contribution in [0.4, 0.5) is 0 Å². The van der Waals surface area contributed by atoms with Gasteiger partial charge in [-0.25, -0.2) is 4.79 Å². The Bertz CT molecular complexity index is 435. The Hall–Kier alpha value is -0.870. The van der Waals surface area contributed by atoms with Crippen molar-refractivity contribution in [2.24, 2.45) is 5.92 Å². The standard InChI is InChI=1S/C15H23NO2S/c1-10(12-6-4-3-5-7-12)16-9-13-8-14(15(17)18)19-11(13)2/h8,10,12,16H,3-7,9H2,1-2H3,(H,17,18)/t10-/m0/s1. The molecule has 1 atom stereocenters. The molecule has 106 valence electrons. The first-order valence-electron chi connectivity index (χ1n) is 7.14. The number of rotatable bonds is 5. The molecule has 0 bridgehead atoms. The number of aryl methyl sites for hydroxylation is 1. The summed E-state index contributed by atoms with van der Waals surface area (Å²) in [6.07, 6.45) is 6.76. The van der Waals surface area contributed by atoms with Gasteiger partial charge in [-0.3, -0.25) is 0 Å². The van der Waals surface area contributed by atoms with Crippen LogP contribution in [0.5, 0.6) is 0 Å². The smallest absolute Gasteiger partial charge is 0.345 e. The van der Waals surface area contributed by atoms with Gasteiger partial charge in [0.15, 0.2) is 0 Å². The lowest BCUT2D eigenvalue weighted by molar-refractivity contribution is 0.0702. The van der Waals surface area contributed by atoms with Gasteiger partial charge in [0.2, 0.25) is 0 Å². The molecule has 2 N–H and O–H groups in total.